The number of nitrogens with zero attached hydrogens (tertiary/aromatic N) is 1. The summed E-state index contributed by atoms with van der Waals surface area (Å²) in [6, 6.07) is 10.7. The minimum atomic E-state index is -0.297. The molecule has 2 heterocycles. The summed E-state index contributed by atoms with van der Waals surface area (Å²) in [6.07, 6.45) is 3.74. The fourth-order valence-corrected chi connectivity index (χ4v) is 4.32. The number of rotatable bonds is 5. The number of H-pyrrole nitrogens is 1. The molecule has 1 saturated carbocycles. The Morgan fingerprint density at radius 1 is 1.09 bits per heavy atom. The first-order valence-electron chi connectivity index (χ1n) is 11.3. The van der Waals surface area contributed by atoms with Crippen LogP contribution in [0.25, 0.3) is 22.0 Å². The lowest BCUT2D eigenvalue weighted by molar-refractivity contribution is 0.0947. The van der Waals surface area contributed by atoms with Gasteiger partial charge < -0.3 is 19.6 Å². The van der Waals surface area contributed by atoms with Gasteiger partial charge in [-0.25, -0.2) is 4.39 Å². The predicted molar refractivity (Wildman–Crippen MR) is 130 cm³/mol. The fraction of sp³-hybridized carbons (Fsp3) is 0.259. The van der Waals surface area contributed by atoms with E-state index in [1.165, 1.54) is 16.7 Å². The Morgan fingerprint density at radius 3 is 2.47 bits per heavy atom. The number of carbonyl (C=O) groups is 1. The molecule has 5 rings (SSSR count). The number of amides is 1. The van der Waals surface area contributed by atoms with Crippen LogP contribution in [0.3, 0.4) is 0 Å². The molecule has 0 bridgehead atoms. The van der Waals surface area contributed by atoms with Gasteiger partial charge in [0.05, 0.1) is 0 Å². The second-order valence-corrected chi connectivity index (χ2v) is 9.18. The zero-order chi connectivity index (χ0) is 24.1. The molecule has 6 nitrogen and oxygen atoms in total. The van der Waals surface area contributed by atoms with Crippen LogP contribution in [-0.4, -0.2) is 21.5 Å². The number of aromatic nitrogens is 2. The molecule has 0 atom stereocenters. The first-order valence-corrected chi connectivity index (χ1v) is 11.3. The molecular formula is C27H26FN3O3. The molecule has 1 amide bonds. The lowest BCUT2D eigenvalue weighted by atomic mass is 10.0. The summed E-state index contributed by atoms with van der Waals surface area (Å²) in [5, 5.41) is 3.63. The van der Waals surface area contributed by atoms with Gasteiger partial charge in [-0.05, 0) is 86.2 Å². The van der Waals surface area contributed by atoms with Crippen molar-refractivity contribution in [2.75, 3.05) is 0 Å². The van der Waals surface area contributed by atoms with Crippen molar-refractivity contribution in [2.45, 2.75) is 39.7 Å². The van der Waals surface area contributed by atoms with Crippen LogP contribution in [0.2, 0.25) is 0 Å². The number of aryl methyl sites for hydroxylation is 4. The smallest absolute Gasteiger partial charge is 0.274 e. The van der Waals surface area contributed by atoms with Gasteiger partial charge >= 0.3 is 0 Å². The number of hydrogen-bond acceptors (Lipinski definition) is 3. The predicted octanol–water partition coefficient (Wildman–Crippen LogP) is 5.28. The van der Waals surface area contributed by atoms with Crippen LogP contribution >= 0.6 is 0 Å². The minimum Gasteiger partial charge on any atom is -0.457 e. The van der Waals surface area contributed by atoms with E-state index in [0.717, 1.165) is 29.5 Å². The number of fused-ring (bicyclic) bond motifs is 1. The maximum atomic E-state index is 13.7. The van der Waals surface area contributed by atoms with Crippen LogP contribution in [0.5, 0.6) is 11.5 Å². The van der Waals surface area contributed by atoms with Crippen molar-refractivity contribution in [3.8, 4) is 22.6 Å². The SMILES string of the molecule is Cc1cc(Oc2c(C)cc(F)cc2C)cc(-c2cn(C)c(=O)c3[nH]c(C(=O)NC4CC4)cc23)c1. The standard InChI is InChI=1S/C27H26FN3O3/c1-14-7-17(11-20(8-14)34-25-15(2)9-18(28)10-16(25)3)22-13-31(4)27(33)24-21(22)12-23(30-24)26(32)29-19-5-6-19/h7-13,19,30H,5-6H2,1-4H3,(H,29,32). The molecule has 2 aromatic carbocycles. The Morgan fingerprint density at radius 2 is 1.79 bits per heavy atom. The van der Waals surface area contributed by atoms with E-state index < -0.39 is 0 Å². The van der Waals surface area contributed by atoms with E-state index in [9.17, 15) is 14.0 Å². The van der Waals surface area contributed by atoms with E-state index >= 15 is 0 Å². The highest BCUT2D eigenvalue weighted by atomic mass is 19.1. The molecule has 4 aromatic rings. The van der Waals surface area contributed by atoms with Crippen molar-refractivity contribution in [1.82, 2.24) is 14.9 Å². The molecule has 0 saturated heterocycles. The van der Waals surface area contributed by atoms with Gasteiger partial charge in [-0.3, -0.25) is 9.59 Å². The molecule has 1 aliphatic carbocycles. The van der Waals surface area contributed by atoms with Gasteiger partial charge in [0.1, 0.15) is 28.5 Å². The number of ether oxygens (including phenoxy) is 1. The van der Waals surface area contributed by atoms with Gasteiger partial charge in [-0.1, -0.05) is 6.07 Å². The number of aromatic amines is 1. The monoisotopic (exact) mass is 459 g/mol. The Bertz CT molecular complexity index is 1490. The second kappa shape index (κ2) is 8.17. The van der Waals surface area contributed by atoms with Crippen molar-refractivity contribution in [2.24, 2.45) is 7.05 Å². The molecule has 1 fully saturated rings. The van der Waals surface area contributed by atoms with Gasteiger partial charge in [-0.2, -0.15) is 0 Å². The van der Waals surface area contributed by atoms with Crippen molar-refractivity contribution >= 4 is 16.8 Å². The summed E-state index contributed by atoms with van der Waals surface area (Å²) >= 11 is 0. The van der Waals surface area contributed by atoms with Gasteiger partial charge in [-0.15, -0.1) is 0 Å². The number of halogens is 1. The Kier molecular flexibility index (Phi) is 5.27. The molecular weight excluding hydrogens is 433 g/mol. The van der Waals surface area contributed by atoms with E-state index in [-0.39, 0.29) is 23.3 Å². The maximum absolute atomic E-state index is 13.7. The van der Waals surface area contributed by atoms with E-state index in [4.69, 9.17) is 4.74 Å². The topological polar surface area (TPSA) is 76.1 Å². The lowest BCUT2D eigenvalue weighted by Crippen LogP contribution is -2.25. The summed E-state index contributed by atoms with van der Waals surface area (Å²) in [5.74, 6) is 0.720. The average Bonchev–Trinajstić information content (AvgIpc) is 3.46. The molecule has 0 aliphatic heterocycles. The molecule has 0 spiro atoms. The van der Waals surface area contributed by atoms with E-state index in [1.54, 1.807) is 19.3 Å². The number of hydrogen-bond donors (Lipinski definition) is 2. The van der Waals surface area contributed by atoms with Crippen molar-refractivity contribution in [1.29, 1.82) is 0 Å². The van der Waals surface area contributed by atoms with Gasteiger partial charge in [0, 0.05) is 30.2 Å². The summed E-state index contributed by atoms with van der Waals surface area (Å²) in [6.45, 7) is 5.59. The third kappa shape index (κ3) is 4.09. The highest BCUT2D eigenvalue weighted by Crippen LogP contribution is 2.35. The Labute approximate surface area is 196 Å². The van der Waals surface area contributed by atoms with Crippen LogP contribution in [0.4, 0.5) is 4.39 Å². The summed E-state index contributed by atoms with van der Waals surface area (Å²) < 4.78 is 21.4. The van der Waals surface area contributed by atoms with E-state index in [0.29, 0.717) is 39.2 Å². The van der Waals surface area contributed by atoms with Gasteiger partial charge in [0.15, 0.2) is 0 Å². The van der Waals surface area contributed by atoms with Crippen molar-refractivity contribution < 1.29 is 13.9 Å². The zero-order valence-electron chi connectivity index (χ0n) is 19.6. The molecule has 7 heteroatoms. The molecule has 0 radical (unpaired) electrons. The number of benzene rings is 2. The third-order valence-corrected chi connectivity index (χ3v) is 6.13. The largest absolute Gasteiger partial charge is 0.457 e. The Balaban J connectivity index is 1.60. The van der Waals surface area contributed by atoms with Crippen LogP contribution in [-0.2, 0) is 7.05 Å². The highest BCUT2D eigenvalue weighted by Gasteiger charge is 2.25. The van der Waals surface area contributed by atoms with Crippen LogP contribution in [0, 0.1) is 26.6 Å². The van der Waals surface area contributed by atoms with Crippen molar-refractivity contribution in [3.05, 3.63) is 81.2 Å². The second-order valence-electron chi connectivity index (χ2n) is 9.18. The van der Waals surface area contributed by atoms with Gasteiger partial charge in [0.25, 0.3) is 11.5 Å². The maximum Gasteiger partial charge on any atom is 0.274 e. The minimum absolute atomic E-state index is 0.203. The molecule has 2 N–H and O–H groups in total. The lowest BCUT2D eigenvalue weighted by Gasteiger charge is -2.14. The van der Waals surface area contributed by atoms with E-state index in [2.05, 4.69) is 10.3 Å². The normalized spacial score (nSPS) is 13.3. The molecule has 0 unspecified atom stereocenters. The molecule has 174 valence electrons. The summed E-state index contributed by atoms with van der Waals surface area (Å²) in [4.78, 5) is 28.4. The number of pyridine rings is 1. The average molecular weight is 460 g/mol. The van der Waals surface area contributed by atoms with Crippen LogP contribution in [0.15, 0.2) is 47.4 Å². The molecule has 34 heavy (non-hydrogen) atoms. The third-order valence-electron chi connectivity index (χ3n) is 6.13. The molecule has 2 aromatic heterocycles. The highest BCUT2D eigenvalue weighted by molar-refractivity contribution is 6.02. The fourth-order valence-electron chi connectivity index (χ4n) is 4.32. The van der Waals surface area contributed by atoms with E-state index in [1.807, 2.05) is 39.0 Å². The van der Waals surface area contributed by atoms with Gasteiger partial charge in [0.2, 0.25) is 0 Å². The van der Waals surface area contributed by atoms with Crippen LogP contribution < -0.4 is 15.6 Å². The van der Waals surface area contributed by atoms with Crippen molar-refractivity contribution in [3.63, 3.8) is 0 Å². The van der Waals surface area contributed by atoms with Crippen LogP contribution in [0.1, 0.15) is 40.0 Å². The summed E-state index contributed by atoms with van der Waals surface area (Å²) in [7, 11) is 1.69. The molecule has 1 aliphatic rings. The first kappa shape index (κ1) is 21.9. The number of carbonyl (C=O) groups excluding carboxylic acids is 1. The zero-order valence-corrected chi connectivity index (χ0v) is 19.6. The first-order chi connectivity index (χ1) is 16.2. The number of nitrogens with one attached hydrogen (secondary N) is 2. The quantitative estimate of drug-likeness (QED) is 0.426. The summed E-state index contributed by atoms with van der Waals surface area (Å²) in [5.41, 5.74) is 4.59. The Hall–Kier alpha value is -3.87.